The number of aromatic carboxylic acids is 1. The summed E-state index contributed by atoms with van der Waals surface area (Å²) in [5.41, 5.74) is 2.06. The minimum Gasteiger partial charge on any atom is -0.475 e. The van der Waals surface area contributed by atoms with Crippen LogP contribution in [0.25, 0.3) is 0 Å². The minimum absolute atomic E-state index is 0.120. The maximum absolute atomic E-state index is 12.1. The molecule has 1 aliphatic rings. The van der Waals surface area contributed by atoms with Crippen LogP contribution in [0.5, 0.6) is 0 Å². The number of anilines is 1. The number of hydrogen-bond donors (Lipinski definition) is 2. The number of piperazine rings is 1. The second-order valence-electron chi connectivity index (χ2n) is 6.52. The van der Waals surface area contributed by atoms with Gasteiger partial charge in [-0.05, 0) is 26.0 Å². The number of aromatic nitrogens is 2. The maximum atomic E-state index is 12.1. The van der Waals surface area contributed by atoms with E-state index in [1.807, 2.05) is 13.8 Å². The Bertz CT molecular complexity index is 827. The fourth-order valence-electron chi connectivity index (χ4n) is 2.99. The molecule has 2 aromatic rings. The summed E-state index contributed by atoms with van der Waals surface area (Å²) in [5.74, 6) is -0.00481. The molecule has 1 amide bonds. The fraction of sp³-hybridized carbons (Fsp3) is 0.444. The predicted octanol–water partition coefficient (Wildman–Crippen LogP) is 0.823. The molecule has 1 saturated heterocycles. The van der Waals surface area contributed by atoms with Gasteiger partial charge in [0.1, 0.15) is 17.9 Å². The lowest BCUT2D eigenvalue weighted by Crippen LogP contribution is -2.49. The van der Waals surface area contributed by atoms with Crippen LogP contribution in [0.1, 0.15) is 27.6 Å². The third-order valence-electron chi connectivity index (χ3n) is 4.68. The number of nitrogens with zero attached hydrogens (tertiary/aromatic N) is 4. The molecular formula is C18H23N5O4. The summed E-state index contributed by atoms with van der Waals surface area (Å²) in [5, 5.41) is 11.6. The summed E-state index contributed by atoms with van der Waals surface area (Å²) < 4.78 is 5.12. The molecule has 0 aliphatic carbocycles. The van der Waals surface area contributed by atoms with E-state index in [4.69, 9.17) is 9.52 Å². The molecule has 0 atom stereocenters. The Morgan fingerprint density at radius 2 is 1.93 bits per heavy atom. The molecule has 1 aliphatic heterocycles. The normalized spacial score (nSPS) is 15.0. The zero-order valence-corrected chi connectivity index (χ0v) is 15.4. The number of aryl methyl sites for hydroxylation is 1. The van der Waals surface area contributed by atoms with E-state index in [0.29, 0.717) is 12.3 Å². The SMILES string of the molecule is Cc1ncnc(N2CCN(CC(=O)NCc3ccc(C(=O)O)o3)CC2)c1C. The number of carbonyl (C=O) groups excluding carboxylic acids is 1. The van der Waals surface area contributed by atoms with Crippen LogP contribution in [0, 0.1) is 13.8 Å². The van der Waals surface area contributed by atoms with Gasteiger partial charge in [0.2, 0.25) is 11.7 Å². The lowest BCUT2D eigenvalue weighted by Gasteiger charge is -2.35. The van der Waals surface area contributed by atoms with Gasteiger partial charge >= 0.3 is 5.97 Å². The highest BCUT2D eigenvalue weighted by molar-refractivity contribution is 5.84. The first-order chi connectivity index (χ1) is 12.9. The Morgan fingerprint density at radius 3 is 2.59 bits per heavy atom. The van der Waals surface area contributed by atoms with Crippen LogP contribution in [0.15, 0.2) is 22.9 Å². The molecule has 0 saturated carbocycles. The number of hydrogen-bond acceptors (Lipinski definition) is 7. The lowest BCUT2D eigenvalue weighted by atomic mass is 10.2. The van der Waals surface area contributed by atoms with Gasteiger partial charge in [0.25, 0.3) is 0 Å². The van der Waals surface area contributed by atoms with Crippen LogP contribution >= 0.6 is 0 Å². The Hall–Kier alpha value is -2.94. The van der Waals surface area contributed by atoms with Crippen LogP contribution in [0.3, 0.4) is 0 Å². The predicted molar refractivity (Wildman–Crippen MR) is 97.7 cm³/mol. The Labute approximate surface area is 157 Å². The molecule has 0 unspecified atom stereocenters. The van der Waals surface area contributed by atoms with Gasteiger partial charge < -0.3 is 19.7 Å². The summed E-state index contributed by atoms with van der Waals surface area (Å²) in [4.78, 5) is 35.8. The van der Waals surface area contributed by atoms with Crippen molar-refractivity contribution in [1.82, 2.24) is 20.2 Å². The third kappa shape index (κ3) is 4.62. The van der Waals surface area contributed by atoms with Crippen molar-refractivity contribution < 1.29 is 19.1 Å². The second kappa shape index (κ2) is 8.17. The molecule has 144 valence electrons. The van der Waals surface area contributed by atoms with Crippen molar-refractivity contribution in [3.8, 4) is 0 Å². The van der Waals surface area contributed by atoms with E-state index in [9.17, 15) is 9.59 Å². The average Bonchev–Trinajstić information content (AvgIpc) is 3.13. The highest BCUT2D eigenvalue weighted by Gasteiger charge is 2.21. The maximum Gasteiger partial charge on any atom is 0.371 e. The van der Waals surface area contributed by atoms with Crippen LogP contribution in [-0.2, 0) is 11.3 Å². The first-order valence-electron chi connectivity index (χ1n) is 8.78. The molecule has 2 N–H and O–H groups in total. The van der Waals surface area contributed by atoms with Crippen LogP contribution in [0.2, 0.25) is 0 Å². The molecule has 1 fully saturated rings. The molecule has 0 radical (unpaired) electrons. The van der Waals surface area contributed by atoms with E-state index in [-0.39, 0.29) is 18.2 Å². The largest absolute Gasteiger partial charge is 0.475 e. The molecule has 0 aromatic carbocycles. The number of carbonyl (C=O) groups is 2. The van der Waals surface area contributed by atoms with E-state index in [0.717, 1.165) is 43.3 Å². The molecule has 9 nitrogen and oxygen atoms in total. The van der Waals surface area contributed by atoms with Gasteiger partial charge in [-0.2, -0.15) is 0 Å². The quantitative estimate of drug-likeness (QED) is 0.766. The molecular weight excluding hydrogens is 350 g/mol. The Balaban J connectivity index is 1.45. The first kappa shape index (κ1) is 18.8. The van der Waals surface area contributed by atoms with Crippen LogP contribution < -0.4 is 10.2 Å². The molecule has 27 heavy (non-hydrogen) atoms. The number of rotatable bonds is 6. The van der Waals surface area contributed by atoms with Crippen molar-refractivity contribution in [2.24, 2.45) is 0 Å². The van der Waals surface area contributed by atoms with Gasteiger partial charge in [-0.25, -0.2) is 14.8 Å². The highest BCUT2D eigenvalue weighted by Crippen LogP contribution is 2.19. The number of furan rings is 1. The van der Waals surface area contributed by atoms with Gasteiger partial charge in [-0.3, -0.25) is 9.69 Å². The molecule has 3 rings (SSSR count). The van der Waals surface area contributed by atoms with Crippen molar-refractivity contribution in [2.75, 3.05) is 37.6 Å². The first-order valence-corrected chi connectivity index (χ1v) is 8.78. The van der Waals surface area contributed by atoms with Crippen LogP contribution in [0.4, 0.5) is 5.82 Å². The standard InChI is InChI=1S/C18H23N5O4/c1-12-13(2)20-11-21-17(12)23-7-5-22(6-8-23)10-16(24)19-9-14-3-4-15(27-14)18(25)26/h3-4,11H,5-10H2,1-2H3,(H,19,24)(H,25,26). The van der Waals surface area contributed by atoms with E-state index in [1.54, 1.807) is 12.4 Å². The highest BCUT2D eigenvalue weighted by atomic mass is 16.4. The zero-order valence-electron chi connectivity index (χ0n) is 15.4. The summed E-state index contributed by atoms with van der Waals surface area (Å²) in [6, 6.07) is 2.93. The van der Waals surface area contributed by atoms with E-state index < -0.39 is 5.97 Å². The van der Waals surface area contributed by atoms with Crippen LogP contribution in [-0.4, -0.2) is 64.6 Å². The van der Waals surface area contributed by atoms with Gasteiger partial charge in [0, 0.05) is 37.4 Å². The van der Waals surface area contributed by atoms with Crippen molar-refractivity contribution in [3.05, 3.63) is 41.2 Å². The van der Waals surface area contributed by atoms with Crippen molar-refractivity contribution in [3.63, 3.8) is 0 Å². The van der Waals surface area contributed by atoms with E-state index in [1.165, 1.54) is 6.07 Å². The summed E-state index contributed by atoms with van der Waals surface area (Å²) in [6.07, 6.45) is 1.59. The smallest absolute Gasteiger partial charge is 0.371 e. The minimum atomic E-state index is -1.13. The molecule has 0 spiro atoms. The van der Waals surface area contributed by atoms with Gasteiger partial charge in [-0.15, -0.1) is 0 Å². The average molecular weight is 373 g/mol. The Morgan fingerprint density at radius 1 is 1.19 bits per heavy atom. The third-order valence-corrected chi connectivity index (χ3v) is 4.68. The van der Waals surface area contributed by atoms with Gasteiger partial charge in [-0.1, -0.05) is 0 Å². The topological polar surface area (TPSA) is 112 Å². The number of carboxylic acid groups (broad SMARTS) is 1. The van der Waals surface area contributed by atoms with E-state index in [2.05, 4.69) is 25.1 Å². The van der Waals surface area contributed by atoms with Crippen molar-refractivity contribution >= 4 is 17.7 Å². The number of nitrogens with one attached hydrogen (secondary N) is 1. The fourth-order valence-corrected chi connectivity index (χ4v) is 2.99. The van der Waals surface area contributed by atoms with Gasteiger partial charge in [0.05, 0.1) is 13.1 Å². The van der Waals surface area contributed by atoms with Crippen molar-refractivity contribution in [2.45, 2.75) is 20.4 Å². The molecule has 2 aromatic heterocycles. The summed E-state index contributed by atoms with van der Waals surface area (Å²) in [7, 11) is 0. The number of carboxylic acids is 1. The lowest BCUT2D eigenvalue weighted by molar-refractivity contribution is -0.122. The van der Waals surface area contributed by atoms with Crippen molar-refractivity contribution in [1.29, 1.82) is 0 Å². The van der Waals surface area contributed by atoms with E-state index >= 15 is 0 Å². The summed E-state index contributed by atoms with van der Waals surface area (Å²) in [6.45, 7) is 7.58. The van der Waals surface area contributed by atoms with Gasteiger partial charge in [0.15, 0.2) is 0 Å². The number of amides is 1. The Kier molecular flexibility index (Phi) is 5.70. The molecule has 9 heteroatoms. The summed E-state index contributed by atoms with van der Waals surface area (Å²) >= 11 is 0. The second-order valence-corrected chi connectivity index (χ2v) is 6.52. The monoisotopic (exact) mass is 373 g/mol. The zero-order chi connectivity index (χ0) is 19.4. The molecule has 0 bridgehead atoms. The molecule has 3 heterocycles.